The maximum atomic E-state index is 12.3. The topological polar surface area (TPSA) is 89.2 Å². The van der Waals surface area contributed by atoms with Crippen molar-refractivity contribution in [3.63, 3.8) is 0 Å². The third kappa shape index (κ3) is 4.67. The van der Waals surface area contributed by atoms with Crippen LogP contribution in [0.2, 0.25) is 0 Å². The van der Waals surface area contributed by atoms with E-state index in [0.29, 0.717) is 23.0 Å². The zero-order valence-corrected chi connectivity index (χ0v) is 16.9. The van der Waals surface area contributed by atoms with E-state index in [2.05, 4.69) is 15.7 Å². The van der Waals surface area contributed by atoms with Crippen LogP contribution in [0.5, 0.6) is 0 Å². The Bertz CT molecular complexity index is 1060. The summed E-state index contributed by atoms with van der Waals surface area (Å²) in [6.45, 7) is 4.42. The number of benzene rings is 1. The molecule has 0 unspecified atom stereocenters. The standard InChI is InChI=1S/C22H28N4O3/c1-15-7-8-19-17(11-15)21-18(22(28)29-19)13-26(25-21)14-20(27)24-10-9-23-12-16-5-3-2-4-6-16/h7-8,11,13,16,23H,2-6,9-10,12,14H2,1H3,(H,24,27). The van der Waals surface area contributed by atoms with E-state index in [1.165, 1.54) is 36.8 Å². The van der Waals surface area contributed by atoms with Crippen LogP contribution < -0.4 is 16.3 Å². The molecular formula is C22H28N4O3. The minimum atomic E-state index is -0.435. The van der Waals surface area contributed by atoms with Crippen molar-refractivity contribution in [1.82, 2.24) is 20.4 Å². The molecule has 7 heteroatoms. The van der Waals surface area contributed by atoms with Gasteiger partial charge in [-0.2, -0.15) is 5.10 Å². The summed E-state index contributed by atoms with van der Waals surface area (Å²) in [6.07, 6.45) is 8.27. The first kappa shape index (κ1) is 19.6. The average molecular weight is 396 g/mol. The van der Waals surface area contributed by atoms with Gasteiger partial charge in [-0.3, -0.25) is 9.48 Å². The van der Waals surface area contributed by atoms with Crippen LogP contribution in [0.25, 0.3) is 21.9 Å². The second kappa shape index (κ2) is 8.78. The average Bonchev–Trinajstić information content (AvgIpc) is 3.14. The van der Waals surface area contributed by atoms with Crippen LogP contribution >= 0.6 is 0 Å². The van der Waals surface area contributed by atoms with E-state index in [9.17, 15) is 9.59 Å². The van der Waals surface area contributed by atoms with E-state index in [0.717, 1.165) is 30.0 Å². The normalized spacial score (nSPS) is 15.2. The van der Waals surface area contributed by atoms with E-state index in [1.54, 1.807) is 12.3 Å². The van der Waals surface area contributed by atoms with Gasteiger partial charge in [-0.25, -0.2) is 4.79 Å². The number of rotatable bonds is 7. The lowest BCUT2D eigenvalue weighted by Gasteiger charge is -2.21. The van der Waals surface area contributed by atoms with Crippen molar-refractivity contribution in [3.05, 3.63) is 40.4 Å². The van der Waals surface area contributed by atoms with Gasteiger partial charge in [0.05, 0.1) is 0 Å². The van der Waals surface area contributed by atoms with Crippen molar-refractivity contribution in [3.8, 4) is 0 Å². The van der Waals surface area contributed by atoms with Crippen molar-refractivity contribution in [1.29, 1.82) is 0 Å². The number of amides is 1. The fourth-order valence-corrected chi connectivity index (χ4v) is 4.11. The number of carbonyl (C=O) groups excluding carboxylic acids is 1. The van der Waals surface area contributed by atoms with E-state index in [1.807, 2.05) is 19.1 Å². The molecule has 1 aliphatic rings. The summed E-state index contributed by atoms with van der Waals surface area (Å²) in [5.74, 6) is 0.656. The molecule has 2 aromatic heterocycles. The minimum absolute atomic E-state index is 0.0735. The molecular weight excluding hydrogens is 368 g/mol. The number of fused-ring (bicyclic) bond motifs is 3. The summed E-state index contributed by atoms with van der Waals surface area (Å²) in [5.41, 5.74) is 1.70. The summed E-state index contributed by atoms with van der Waals surface area (Å²) in [7, 11) is 0. The number of aromatic nitrogens is 2. The van der Waals surface area contributed by atoms with Gasteiger partial charge in [-0.05, 0) is 44.4 Å². The number of hydrogen-bond acceptors (Lipinski definition) is 5. The molecule has 154 valence electrons. The van der Waals surface area contributed by atoms with Crippen molar-refractivity contribution in [2.24, 2.45) is 5.92 Å². The fourth-order valence-electron chi connectivity index (χ4n) is 4.11. The molecule has 0 atom stereocenters. The lowest BCUT2D eigenvalue weighted by atomic mass is 9.89. The molecule has 1 amide bonds. The number of hydrogen-bond donors (Lipinski definition) is 2. The van der Waals surface area contributed by atoms with Crippen LogP contribution in [0.4, 0.5) is 0 Å². The van der Waals surface area contributed by atoms with E-state index < -0.39 is 5.63 Å². The number of nitrogens with zero attached hydrogens (tertiary/aromatic N) is 2. The smallest absolute Gasteiger partial charge is 0.347 e. The van der Waals surface area contributed by atoms with Crippen molar-refractivity contribution < 1.29 is 9.21 Å². The van der Waals surface area contributed by atoms with Gasteiger partial charge in [0.2, 0.25) is 5.91 Å². The maximum absolute atomic E-state index is 12.3. The van der Waals surface area contributed by atoms with Crippen molar-refractivity contribution in [2.75, 3.05) is 19.6 Å². The molecule has 7 nitrogen and oxygen atoms in total. The van der Waals surface area contributed by atoms with Gasteiger partial charge < -0.3 is 15.1 Å². The Morgan fingerprint density at radius 3 is 2.86 bits per heavy atom. The molecule has 0 bridgehead atoms. The van der Waals surface area contributed by atoms with Crippen molar-refractivity contribution in [2.45, 2.75) is 45.6 Å². The van der Waals surface area contributed by atoms with Gasteiger partial charge in [0, 0.05) is 24.7 Å². The number of aryl methyl sites for hydroxylation is 1. The first-order valence-electron chi connectivity index (χ1n) is 10.5. The molecule has 1 aromatic carbocycles. The second-order valence-corrected chi connectivity index (χ2v) is 8.04. The molecule has 0 radical (unpaired) electrons. The van der Waals surface area contributed by atoms with Crippen molar-refractivity contribution >= 4 is 27.8 Å². The SMILES string of the molecule is Cc1ccc2oc(=O)c3cn(CC(=O)NCCNCC4CCCCC4)nc3c2c1. The highest BCUT2D eigenvalue weighted by Gasteiger charge is 2.14. The van der Waals surface area contributed by atoms with E-state index in [4.69, 9.17) is 4.42 Å². The molecule has 1 fully saturated rings. The predicted molar refractivity (Wildman–Crippen MR) is 113 cm³/mol. The maximum Gasteiger partial charge on any atom is 0.347 e. The summed E-state index contributed by atoms with van der Waals surface area (Å²) in [6, 6.07) is 5.61. The highest BCUT2D eigenvalue weighted by Crippen LogP contribution is 2.23. The third-order valence-corrected chi connectivity index (χ3v) is 5.66. The summed E-state index contributed by atoms with van der Waals surface area (Å²) < 4.78 is 6.88. The predicted octanol–water partition coefficient (Wildman–Crippen LogP) is 2.74. The summed E-state index contributed by atoms with van der Waals surface area (Å²) in [5, 5.41) is 12.0. The number of carbonyl (C=O) groups is 1. The van der Waals surface area contributed by atoms with Crippen LogP contribution in [0, 0.1) is 12.8 Å². The molecule has 0 aliphatic heterocycles. The summed E-state index contributed by atoms with van der Waals surface area (Å²) in [4.78, 5) is 24.5. The molecule has 1 saturated carbocycles. The Balaban J connectivity index is 1.33. The Morgan fingerprint density at radius 1 is 1.21 bits per heavy atom. The van der Waals surface area contributed by atoms with Gasteiger partial charge in [-0.1, -0.05) is 30.9 Å². The molecule has 0 spiro atoms. The first-order chi connectivity index (χ1) is 14.1. The zero-order valence-electron chi connectivity index (χ0n) is 16.9. The molecule has 3 aromatic rings. The van der Waals surface area contributed by atoms with Crippen LogP contribution in [0.1, 0.15) is 37.7 Å². The largest absolute Gasteiger partial charge is 0.422 e. The molecule has 4 rings (SSSR count). The number of nitrogens with one attached hydrogen (secondary N) is 2. The molecule has 2 N–H and O–H groups in total. The Hall–Kier alpha value is -2.67. The van der Waals surface area contributed by atoms with Gasteiger partial charge in [0.15, 0.2) is 0 Å². The lowest BCUT2D eigenvalue weighted by molar-refractivity contribution is -0.121. The Morgan fingerprint density at radius 2 is 2.03 bits per heavy atom. The highest BCUT2D eigenvalue weighted by atomic mass is 16.4. The van der Waals surface area contributed by atoms with E-state index in [-0.39, 0.29) is 12.5 Å². The van der Waals surface area contributed by atoms with E-state index >= 15 is 0 Å². The van der Waals surface area contributed by atoms with Gasteiger partial charge >= 0.3 is 5.63 Å². The third-order valence-electron chi connectivity index (χ3n) is 5.66. The fraction of sp³-hybridized carbons (Fsp3) is 0.500. The highest BCUT2D eigenvalue weighted by molar-refractivity contribution is 6.01. The van der Waals surface area contributed by atoms with Crippen LogP contribution in [-0.4, -0.2) is 35.3 Å². The lowest BCUT2D eigenvalue weighted by Crippen LogP contribution is -2.35. The second-order valence-electron chi connectivity index (χ2n) is 8.04. The molecule has 0 saturated heterocycles. The van der Waals surface area contributed by atoms with Gasteiger partial charge in [-0.15, -0.1) is 0 Å². The zero-order chi connectivity index (χ0) is 20.2. The molecule has 2 heterocycles. The Labute approximate surface area is 169 Å². The quantitative estimate of drug-likeness (QED) is 0.473. The van der Waals surface area contributed by atoms with Gasteiger partial charge in [0.25, 0.3) is 0 Å². The van der Waals surface area contributed by atoms with Gasteiger partial charge in [0.1, 0.15) is 23.0 Å². The van der Waals surface area contributed by atoms with Crippen LogP contribution in [-0.2, 0) is 11.3 Å². The monoisotopic (exact) mass is 396 g/mol. The van der Waals surface area contributed by atoms with Crippen LogP contribution in [0.3, 0.4) is 0 Å². The first-order valence-corrected chi connectivity index (χ1v) is 10.5. The minimum Gasteiger partial charge on any atom is -0.422 e. The molecule has 29 heavy (non-hydrogen) atoms. The summed E-state index contributed by atoms with van der Waals surface area (Å²) >= 11 is 0. The molecule has 1 aliphatic carbocycles. The van der Waals surface area contributed by atoms with Crippen LogP contribution in [0.15, 0.2) is 33.6 Å². The Kier molecular flexibility index (Phi) is 5.94.